The Morgan fingerprint density at radius 1 is 0.353 bits per heavy atom. The molecule has 6 amide bonds. The molecule has 17 rings (SSSR count). The van der Waals surface area contributed by atoms with Crippen LogP contribution in [0.2, 0.25) is 0 Å². The van der Waals surface area contributed by atoms with Crippen LogP contribution in [0.4, 0.5) is 5.69 Å². The van der Waals surface area contributed by atoms with Crippen LogP contribution in [0.5, 0.6) is 0 Å². The lowest BCUT2D eigenvalue weighted by molar-refractivity contribution is -0.149. The van der Waals surface area contributed by atoms with Gasteiger partial charge < -0.3 is 94.2 Å². The number of amides is 6. The van der Waals surface area contributed by atoms with Gasteiger partial charge in [0, 0.05) is 171 Å². The third kappa shape index (κ3) is 23.4. The van der Waals surface area contributed by atoms with E-state index in [1.54, 1.807) is 48.5 Å². The summed E-state index contributed by atoms with van der Waals surface area (Å²) < 4.78 is 35.6. The van der Waals surface area contributed by atoms with Crippen LogP contribution in [0.25, 0.3) is 4.85 Å². The minimum atomic E-state index is -0.276. The lowest BCUT2D eigenvalue weighted by Gasteiger charge is -2.46. The largest absolute Gasteiger partial charge is 0.384 e. The number of benzene rings is 5. The van der Waals surface area contributed by atoms with Crippen LogP contribution >= 0.6 is 0 Å². The van der Waals surface area contributed by atoms with Crippen LogP contribution in [-0.4, -0.2) is 337 Å². The van der Waals surface area contributed by atoms with E-state index < -0.39 is 0 Å². The number of nitrogens with one attached hydrogen (secondary N) is 4. The molecule has 5 aromatic rings. The number of hydrogen-bond donors (Lipinski definition) is 5. The zero-order chi connectivity index (χ0) is 81.6. The van der Waals surface area contributed by atoms with Gasteiger partial charge in [-0.25, -0.2) is 4.85 Å². The van der Waals surface area contributed by atoms with Crippen molar-refractivity contribution < 1.29 is 57.2 Å². The highest BCUT2D eigenvalue weighted by Gasteiger charge is 2.45. The third-order valence-corrected chi connectivity index (χ3v) is 25.1. The van der Waals surface area contributed by atoms with E-state index in [4.69, 9.17) is 46.1 Å². The molecule has 12 aliphatic heterocycles. The number of nitrogen functional groups attached to an aromatic ring is 1. The number of likely N-dealkylation sites (tertiary alicyclic amines) is 5. The van der Waals surface area contributed by atoms with Crippen molar-refractivity contribution in [3.63, 3.8) is 0 Å². The van der Waals surface area contributed by atoms with Gasteiger partial charge in [0.25, 0.3) is 29.5 Å². The van der Waals surface area contributed by atoms with Crippen LogP contribution in [-0.2, 0) is 33.2 Å². The van der Waals surface area contributed by atoms with Gasteiger partial charge in [-0.15, -0.1) is 0 Å². The monoisotopic (exact) mass is 1590 g/mol. The molecule has 0 atom stereocenters. The van der Waals surface area contributed by atoms with Crippen molar-refractivity contribution in [1.29, 1.82) is 5.41 Å². The Labute approximate surface area is 685 Å². The molecule has 5 aromatic carbocycles. The summed E-state index contributed by atoms with van der Waals surface area (Å²) in [4.78, 5) is 95.6. The number of piperidine rings is 6. The first kappa shape index (κ1) is 86.7. The van der Waals surface area contributed by atoms with Crippen molar-refractivity contribution in [2.75, 3.05) is 218 Å². The number of hydrogen-bond acceptors (Lipinski definition) is 19. The van der Waals surface area contributed by atoms with Crippen LogP contribution in [0.3, 0.4) is 0 Å². The van der Waals surface area contributed by atoms with Crippen molar-refractivity contribution in [2.45, 2.75) is 111 Å². The first-order chi connectivity index (χ1) is 56.1. The van der Waals surface area contributed by atoms with E-state index in [1.807, 2.05) is 115 Å². The Balaban J connectivity index is 0.000000129. The van der Waals surface area contributed by atoms with Gasteiger partial charge in [-0.1, -0.05) is 91.0 Å². The number of amidine groups is 1. The van der Waals surface area contributed by atoms with Crippen LogP contribution in [0.1, 0.15) is 134 Å². The second kappa shape index (κ2) is 40.7. The molecular formula is C89H123N15O12. The average molecular weight is 1600 g/mol. The molecule has 0 bridgehead atoms. The maximum atomic E-state index is 12.6. The Morgan fingerprint density at radius 2 is 0.638 bits per heavy atom. The summed E-state index contributed by atoms with van der Waals surface area (Å²) in [5.41, 5.74) is 9.93. The molecule has 27 nitrogen and oxygen atoms in total. The van der Waals surface area contributed by atoms with Gasteiger partial charge in [0.05, 0.1) is 73.2 Å². The summed E-state index contributed by atoms with van der Waals surface area (Å²) >= 11 is 0. The maximum Gasteiger partial charge on any atom is 0.253 e. The predicted molar refractivity (Wildman–Crippen MR) is 445 cm³/mol. The second-order valence-corrected chi connectivity index (χ2v) is 33.5. The van der Waals surface area contributed by atoms with E-state index >= 15 is 0 Å². The van der Waals surface area contributed by atoms with Crippen molar-refractivity contribution >= 4 is 47.0 Å². The highest BCUT2D eigenvalue weighted by atomic mass is 16.5. The van der Waals surface area contributed by atoms with Gasteiger partial charge >= 0.3 is 0 Å². The fourth-order valence-corrected chi connectivity index (χ4v) is 17.9. The zero-order valence-corrected chi connectivity index (χ0v) is 68.7. The van der Waals surface area contributed by atoms with Gasteiger partial charge in [0.1, 0.15) is 12.4 Å². The Kier molecular flexibility index (Phi) is 30.4. The Hall–Kier alpha value is -8.60. The van der Waals surface area contributed by atoms with Crippen molar-refractivity contribution in [3.8, 4) is 0 Å². The van der Waals surface area contributed by atoms with Crippen molar-refractivity contribution in [3.05, 3.63) is 184 Å². The standard InChI is InChI=1S/C17H24N4O2.C17H21N3O2.C16H22N2O2.C15H18N2O3.C15H20N2O2.C9H18N2O/c1-20-10-11-23-17(12-20)6-8-21(9-7-17)16(22)14-4-2-13(3-5-14)15(18)19;1-18-15-5-3-14(4-6-15)16(21)20-9-7-17(8-10-20)13-19(2)11-12-22-17;1-17-11-12-20-16(13-17)7-9-18(10-8-16)15(19)14-5-3-2-4-6-14;18-13-10-20-15(11-16-13)6-8-17(9-7-15)14(19)12-4-2-1-3-5-12;18-14(13-4-2-1-3-5-13)17-9-6-15(7-10-17)12-16-8-11-19-15;1-11-6-7-12-9(8-11)2-4-10-5-3-9/h2-5H,6-12H2,1H3,(H3,18,19);3-6H,7-13H2,2H3;2-6H,7-13H2,1H3;1-5H,6-11H2,(H,16,18);1-5,16H,6-12H2;10H,2-8H2,1H3. The smallest absolute Gasteiger partial charge is 0.253 e. The molecule has 0 aliphatic carbocycles. The summed E-state index contributed by atoms with van der Waals surface area (Å²) in [5, 5.41) is 17.0. The van der Waals surface area contributed by atoms with E-state index in [0.717, 1.165) is 245 Å². The van der Waals surface area contributed by atoms with E-state index in [1.165, 1.54) is 12.8 Å². The van der Waals surface area contributed by atoms with Crippen LogP contribution in [0, 0.1) is 12.0 Å². The van der Waals surface area contributed by atoms with Gasteiger partial charge in [-0.05, 0) is 167 Å². The first-order valence-electron chi connectivity index (χ1n) is 41.9. The number of carbonyl (C=O) groups excluding carboxylic acids is 6. The molecule has 0 aromatic heterocycles. The molecule has 0 unspecified atom stereocenters. The molecule has 12 aliphatic rings. The highest BCUT2D eigenvalue weighted by molar-refractivity contribution is 5.99. The first-order valence-corrected chi connectivity index (χ1v) is 41.9. The number of carbonyl (C=O) groups is 6. The van der Waals surface area contributed by atoms with E-state index in [0.29, 0.717) is 42.0 Å². The molecule has 27 heteroatoms. The lowest BCUT2D eigenvalue weighted by atomic mass is 9.89. The highest BCUT2D eigenvalue weighted by Crippen LogP contribution is 2.36. The van der Waals surface area contributed by atoms with E-state index in [-0.39, 0.29) is 81.5 Å². The van der Waals surface area contributed by atoms with Crippen LogP contribution in [0.15, 0.2) is 140 Å². The number of likely N-dealkylation sites (N-methyl/N-ethyl adjacent to an activating group) is 4. The summed E-state index contributed by atoms with van der Waals surface area (Å²) in [6.07, 6.45) is 11.2. The lowest BCUT2D eigenvalue weighted by Crippen LogP contribution is -2.58. The third-order valence-electron chi connectivity index (χ3n) is 25.1. The van der Waals surface area contributed by atoms with Crippen LogP contribution < -0.4 is 21.7 Å². The Morgan fingerprint density at radius 3 is 0.922 bits per heavy atom. The van der Waals surface area contributed by atoms with Gasteiger partial charge in [-0.2, -0.15) is 0 Å². The summed E-state index contributed by atoms with van der Waals surface area (Å²) in [7, 11) is 8.58. The van der Waals surface area contributed by atoms with E-state index in [9.17, 15) is 28.8 Å². The Bertz CT molecular complexity index is 4030. The molecule has 116 heavy (non-hydrogen) atoms. The molecule has 0 saturated carbocycles. The molecule has 12 heterocycles. The number of nitrogens with zero attached hydrogens (tertiary/aromatic N) is 10. The minimum Gasteiger partial charge on any atom is -0.384 e. The normalized spacial score (nSPS) is 22.9. The second-order valence-electron chi connectivity index (χ2n) is 33.5. The average Bonchev–Trinajstić information content (AvgIpc) is 0.466. The summed E-state index contributed by atoms with van der Waals surface area (Å²) in [6.45, 7) is 31.3. The fourth-order valence-electron chi connectivity index (χ4n) is 17.9. The van der Waals surface area contributed by atoms with Crippen molar-refractivity contribution in [2.24, 2.45) is 5.73 Å². The quantitative estimate of drug-likeness (QED) is 0.0659. The molecule has 626 valence electrons. The molecule has 12 saturated heterocycles. The molecule has 0 radical (unpaired) electrons. The SMILES string of the molecule is CN1CCOC2(CCN(C(=O)c3ccc(C(=N)N)cc3)CC2)C1.CN1CCOC2(CCN(C(=O)c3ccccc3)CC2)C1.CN1CCOC2(CCNCC2)C1.O=C(c1ccccc1)N1CCC2(CC1)CNCCO2.O=C1COC2(CCN(C(=O)c3ccccc3)CC2)CN1.[C-]#[N+]c1ccc(C(=O)N2CCC3(CC2)CN(C)CCO3)cc1. The number of morpholine rings is 6. The maximum absolute atomic E-state index is 12.6. The number of nitrogens with two attached hydrogens (primary N) is 1. The molecule has 6 spiro atoms. The molecule has 12 fully saturated rings. The number of rotatable bonds is 6. The van der Waals surface area contributed by atoms with E-state index in [2.05, 4.69) is 68.6 Å². The van der Waals surface area contributed by atoms with Gasteiger partial charge in [-0.3, -0.25) is 34.2 Å². The minimum absolute atomic E-state index is 0.0162. The summed E-state index contributed by atoms with van der Waals surface area (Å²) in [5.74, 6) is 0.402. The summed E-state index contributed by atoms with van der Waals surface area (Å²) in [6, 6.07) is 42.2. The zero-order valence-electron chi connectivity index (χ0n) is 68.7. The van der Waals surface area contributed by atoms with Crippen molar-refractivity contribution in [1.82, 2.24) is 60.0 Å². The van der Waals surface area contributed by atoms with Gasteiger partial charge in [0.2, 0.25) is 5.91 Å². The molecule has 6 N–H and O–H groups in total. The van der Waals surface area contributed by atoms with Gasteiger partial charge in [0.15, 0.2) is 5.69 Å². The molecular weight excluding hydrogens is 1470 g/mol. The topological polar surface area (TPSA) is 277 Å². The predicted octanol–water partition coefficient (Wildman–Crippen LogP) is 6.86. The fraction of sp³-hybridized carbons (Fsp3) is 0.573. The number of ether oxygens (including phenoxy) is 6.